The molecule has 3 rings (SSSR count). The first-order valence-electron chi connectivity index (χ1n) is 10.6. The van der Waals surface area contributed by atoms with Gasteiger partial charge in [-0.05, 0) is 37.6 Å². The van der Waals surface area contributed by atoms with Gasteiger partial charge in [0, 0.05) is 32.8 Å². The Bertz CT molecular complexity index is 1010. The molecule has 1 atom stereocenters. The molecule has 8 heteroatoms. The fraction of sp³-hybridized carbons (Fsp3) is 0.375. The van der Waals surface area contributed by atoms with Crippen molar-refractivity contribution in [1.82, 2.24) is 14.7 Å². The van der Waals surface area contributed by atoms with E-state index in [1.165, 1.54) is 6.07 Å². The van der Waals surface area contributed by atoms with Gasteiger partial charge in [-0.3, -0.25) is 4.90 Å². The first-order chi connectivity index (χ1) is 15.4. The van der Waals surface area contributed by atoms with E-state index in [9.17, 15) is 13.9 Å². The van der Waals surface area contributed by atoms with E-state index in [0.717, 1.165) is 23.4 Å². The normalized spacial score (nSPS) is 12.3. The Hall–Kier alpha value is -2.81. The van der Waals surface area contributed by atoms with Crippen molar-refractivity contribution in [3.05, 3.63) is 71.4 Å². The number of hydrogen-bond donors (Lipinski definition) is 1. The topological polar surface area (TPSA) is 59.8 Å². The molecule has 0 amide bonds. The van der Waals surface area contributed by atoms with Gasteiger partial charge in [-0.2, -0.15) is 5.10 Å². The maximum Gasteiger partial charge on any atom is 0.227 e. The quantitative estimate of drug-likeness (QED) is 0.472. The van der Waals surface area contributed by atoms with Gasteiger partial charge in [0.25, 0.3) is 0 Å². The van der Waals surface area contributed by atoms with Crippen LogP contribution >= 0.6 is 0 Å². The van der Waals surface area contributed by atoms with Gasteiger partial charge < -0.3 is 14.6 Å². The molecule has 3 aromatic rings. The van der Waals surface area contributed by atoms with Crippen LogP contribution in [0.5, 0.6) is 11.6 Å². The summed E-state index contributed by atoms with van der Waals surface area (Å²) in [6, 6.07) is 12.6. The zero-order valence-corrected chi connectivity index (χ0v) is 18.6. The number of halogens is 2. The van der Waals surface area contributed by atoms with Gasteiger partial charge in [0.2, 0.25) is 5.88 Å². The first kappa shape index (κ1) is 23.8. The molecule has 0 saturated heterocycles. The fourth-order valence-corrected chi connectivity index (χ4v) is 3.34. The molecule has 1 N–H and O–H groups in total. The second-order valence-electron chi connectivity index (χ2n) is 7.58. The lowest BCUT2D eigenvalue weighted by atomic mass is 10.2. The van der Waals surface area contributed by atoms with E-state index in [4.69, 9.17) is 9.47 Å². The maximum atomic E-state index is 14.4. The molecule has 0 aliphatic heterocycles. The van der Waals surface area contributed by atoms with Crippen LogP contribution in [-0.2, 0) is 11.3 Å². The van der Waals surface area contributed by atoms with Crippen molar-refractivity contribution in [2.75, 3.05) is 26.8 Å². The van der Waals surface area contributed by atoms with E-state index >= 15 is 0 Å². The Morgan fingerprint density at radius 1 is 1.16 bits per heavy atom. The lowest BCUT2D eigenvalue weighted by Gasteiger charge is -2.24. The molecule has 32 heavy (non-hydrogen) atoms. The highest BCUT2D eigenvalue weighted by molar-refractivity contribution is 5.43. The highest BCUT2D eigenvalue weighted by atomic mass is 19.1. The van der Waals surface area contributed by atoms with Crippen LogP contribution in [0, 0.1) is 18.6 Å². The predicted molar refractivity (Wildman–Crippen MR) is 118 cm³/mol. The largest absolute Gasteiger partial charge is 0.435 e. The van der Waals surface area contributed by atoms with Crippen LogP contribution in [0.3, 0.4) is 0 Å². The molecule has 1 heterocycles. The standard InChI is InChI=1S/C24H29F2N3O3/c1-4-20(30)15-28(12-13-31-3)16-21-17(2)27-29(19-8-6-5-7-9-19)24(21)32-23-11-10-18(25)14-22(23)26/h5-11,14,20,30H,4,12-13,15-16H2,1-3H3/t20-/m1/s1. The van der Waals surface area contributed by atoms with Gasteiger partial charge in [0.05, 0.1) is 29.7 Å². The monoisotopic (exact) mass is 445 g/mol. The van der Waals surface area contributed by atoms with Gasteiger partial charge in [-0.25, -0.2) is 13.5 Å². The lowest BCUT2D eigenvalue weighted by molar-refractivity contribution is 0.0825. The predicted octanol–water partition coefficient (Wildman–Crippen LogP) is 4.47. The molecule has 172 valence electrons. The van der Waals surface area contributed by atoms with Gasteiger partial charge in [0.15, 0.2) is 11.6 Å². The van der Waals surface area contributed by atoms with Crippen LogP contribution in [0.4, 0.5) is 8.78 Å². The van der Waals surface area contributed by atoms with Crippen molar-refractivity contribution in [2.24, 2.45) is 0 Å². The summed E-state index contributed by atoms with van der Waals surface area (Å²) in [5.41, 5.74) is 2.20. The first-order valence-corrected chi connectivity index (χ1v) is 10.6. The van der Waals surface area contributed by atoms with E-state index in [-0.39, 0.29) is 5.75 Å². The van der Waals surface area contributed by atoms with Crippen molar-refractivity contribution in [2.45, 2.75) is 32.9 Å². The summed E-state index contributed by atoms with van der Waals surface area (Å²) in [5, 5.41) is 14.8. The summed E-state index contributed by atoms with van der Waals surface area (Å²) in [6.45, 7) is 5.72. The second kappa shape index (κ2) is 11.2. The molecule has 0 saturated carbocycles. The summed E-state index contributed by atoms with van der Waals surface area (Å²) in [7, 11) is 1.62. The van der Waals surface area contributed by atoms with E-state index in [2.05, 4.69) is 5.10 Å². The average molecular weight is 446 g/mol. The van der Waals surface area contributed by atoms with Crippen molar-refractivity contribution >= 4 is 0 Å². The van der Waals surface area contributed by atoms with Crippen LogP contribution in [-0.4, -0.2) is 52.7 Å². The summed E-state index contributed by atoms with van der Waals surface area (Å²) in [6.07, 6.45) is 0.130. The Balaban J connectivity index is 2.03. The van der Waals surface area contributed by atoms with Crippen LogP contribution in [0.1, 0.15) is 24.6 Å². The molecule has 0 aliphatic rings. The van der Waals surface area contributed by atoms with E-state index in [1.807, 2.05) is 49.1 Å². The van der Waals surface area contributed by atoms with Crippen LogP contribution in [0.25, 0.3) is 5.69 Å². The smallest absolute Gasteiger partial charge is 0.227 e. The SMILES string of the molecule is CC[C@@H](O)CN(CCOC)Cc1c(C)nn(-c2ccccc2)c1Oc1ccc(F)cc1F. The van der Waals surface area contributed by atoms with E-state index < -0.39 is 17.7 Å². The minimum Gasteiger partial charge on any atom is -0.435 e. The number of aromatic nitrogens is 2. The number of nitrogens with zero attached hydrogens (tertiary/aromatic N) is 3. The zero-order valence-electron chi connectivity index (χ0n) is 18.6. The third-order valence-electron chi connectivity index (χ3n) is 5.17. The Morgan fingerprint density at radius 3 is 2.56 bits per heavy atom. The highest BCUT2D eigenvalue weighted by Gasteiger charge is 2.23. The number of methoxy groups -OCH3 is 1. The van der Waals surface area contributed by atoms with Gasteiger partial charge in [0.1, 0.15) is 5.82 Å². The molecule has 0 radical (unpaired) electrons. The Morgan fingerprint density at radius 2 is 1.91 bits per heavy atom. The van der Waals surface area contributed by atoms with Crippen LogP contribution in [0.15, 0.2) is 48.5 Å². The van der Waals surface area contributed by atoms with Crippen molar-refractivity contribution in [3.8, 4) is 17.3 Å². The van der Waals surface area contributed by atoms with E-state index in [0.29, 0.717) is 44.2 Å². The lowest BCUT2D eigenvalue weighted by Crippen LogP contribution is -2.34. The second-order valence-corrected chi connectivity index (χ2v) is 7.58. The molecule has 0 aliphatic carbocycles. The molecule has 1 aromatic heterocycles. The summed E-state index contributed by atoms with van der Waals surface area (Å²) in [4.78, 5) is 2.05. The number of para-hydroxylation sites is 1. The summed E-state index contributed by atoms with van der Waals surface area (Å²) < 4.78 is 40.6. The zero-order chi connectivity index (χ0) is 23.1. The molecular weight excluding hydrogens is 416 g/mol. The minimum atomic E-state index is -0.799. The summed E-state index contributed by atoms with van der Waals surface area (Å²) in [5.74, 6) is -1.23. The number of aliphatic hydroxyl groups is 1. The van der Waals surface area contributed by atoms with Gasteiger partial charge >= 0.3 is 0 Å². The molecule has 6 nitrogen and oxygen atoms in total. The number of benzene rings is 2. The number of rotatable bonds is 11. The number of hydrogen-bond acceptors (Lipinski definition) is 5. The molecular formula is C24H29F2N3O3. The summed E-state index contributed by atoms with van der Waals surface area (Å²) >= 11 is 0. The van der Waals surface area contributed by atoms with Gasteiger partial charge in [-0.15, -0.1) is 0 Å². The highest BCUT2D eigenvalue weighted by Crippen LogP contribution is 2.33. The molecule has 0 bridgehead atoms. The van der Waals surface area contributed by atoms with E-state index in [1.54, 1.807) is 11.8 Å². The third-order valence-corrected chi connectivity index (χ3v) is 5.17. The molecule has 0 unspecified atom stereocenters. The number of ether oxygens (including phenoxy) is 2. The molecule has 0 spiro atoms. The van der Waals surface area contributed by atoms with Crippen LogP contribution in [0.2, 0.25) is 0 Å². The van der Waals surface area contributed by atoms with Gasteiger partial charge in [-0.1, -0.05) is 25.1 Å². The van der Waals surface area contributed by atoms with Crippen molar-refractivity contribution in [3.63, 3.8) is 0 Å². The minimum absolute atomic E-state index is 0.0956. The van der Waals surface area contributed by atoms with Crippen molar-refractivity contribution in [1.29, 1.82) is 0 Å². The number of aryl methyl sites for hydroxylation is 1. The third kappa shape index (κ3) is 5.91. The maximum absolute atomic E-state index is 14.4. The Labute approximate surface area is 187 Å². The van der Waals surface area contributed by atoms with Crippen molar-refractivity contribution < 1.29 is 23.4 Å². The molecule has 2 aromatic carbocycles. The Kier molecular flexibility index (Phi) is 8.33. The fourth-order valence-electron chi connectivity index (χ4n) is 3.34. The average Bonchev–Trinajstić information content (AvgIpc) is 3.09. The van der Waals surface area contributed by atoms with Crippen LogP contribution < -0.4 is 4.74 Å². The number of aliphatic hydroxyl groups excluding tert-OH is 1. The molecule has 0 fully saturated rings.